The van der Waals surface area contributed by atoms with Crippen LogP contribution in [0.5, 0.6) is 0 Å². The van der Waals surface area contributed by atoms with E-state index in [1.54, 1.807) is 12.7 Å². The van der Waals surface area contributed by atoms with Crippen LogP contribution in [0.4, 0.5) is 0 Å². The zero-order valence-electron chi connectivity index (χ0n) is 34.1. The Balaban J connectivity index is 0.981. The lowest BCUT2D eigenvalue weighted by Gasteiger charge is -2.14. The molecule has 9 nitrogen and oxygen atoms in total. The van der Waals surface area contributed by atoms with Crippen LogP contribution in [-0.2, 0) is 0 Å². The Morgan fingerprint density at radius 1 is 0.328 bits per heavy atom. The third-order valence-corrected chi connectivity index (χ3v) is 12.2. The van der Waals surface area contributed by atoms with Crippen LogP contribution in [0.25, 0.3) is 122 Å². The highest BCUT2D eigenvalue weighted by Gasteiger charge is 2.20. The van der Waals surface area contributed by atoms with Crippen molar-refractivity contribution < 1.29 is 0 Å². The maximum absolute atomic E-state index is 5.12. The third kappa shape index (κ3) is 5.75. The molecule has 0 saturated carbocycles. The molecule has 13 rings (SSSR count). The highest BCUT2D eigenvalue weighted by molar-refractivity contribution is 6.13. The van der Waals surface area contributed by atoms with Crippen LogP contribution in [0.1, 0.15) is 0 Å². The van der Waals surface area contributed by atoms with Gasteiger partial charge in [0.2, 0.25) is 0 Å². The van der Waals surface area contributed by atoms with Crippen molar-refractivity contribution in [3.8, 4) is 56.7 Å². The zero-order valence-corrected chi connectivity index (χ0v) is 34.1. The van der Waals surface area contributed by atoms with Crippen molar-refractivity contribution in [1.29, 1.82) is 0 Å². The lowest BCUT2D eigenvalue weighted by Crippen LogP contribution is -2.02. The van der Waals surface area contributed by atoms with Crippen molar-refractivity contribution in [2.24, 2.45) is 0 Å². The second kappa shape index (κ2) is 14.3. The van der Waals surface area contributed by atoms with E-state index in [4.69, 9.17) is 19.9 Å². The van der Waals surface area contributed by atoms with E-state index in [0.29, 0.717) is 17.5 Å². The Kier molecular flexibility index (Phi) is 8.01. The van der Waals surface area contributed by atoms with Gasteiger partial charge < -0.3 is 9.13 Å². The zero-order chi connectivity index (χ0) is 42.1. The maximum atomic E-state index is 5.12. The van der Waals surface area contributed by atoms with Gasteiger partial charge in [-0.2, -0.15) is 0 Å². The van der Waals surface area contributed by atoms with Gasteiger partial charge in [-0.25, -0.2) is 34.9 Å². The first-order valence-electron chi connectivity index (χ1n) is 21.1. The van der Waals surface area contributed by atoms with E-state index in [1.165, 1.54) is 10.8 Å². The molecule has 0 spiro atoms. The van der Waals surface area contributed by atoms with Crippen molar-refractivity contribution in [2.75, 3.05) is 0 Å². The number of rotatable bonds is 6. The highest BCUT2D eigenvalue weighted by Crippen LogP contribution is 2.40. The molecule has 8 aromatic carbocycles. The average Bonchev–Trinajstić information content (AvgIpc) is 3.88. The second-order valence-corrected chi connectivity index (χ2v) is 15.9. The molecule has 0 fully saturated rings. The Hall–Kier alpha value is -8.95. The minimum Gasteiger partial charge on any atom is -0.309 e. The molecule has 5 heterocycles. The molecule has 0 aliphatic carbocycles. The van der Waals surface area contributed by atoms with Gasteiger partial charge in [0.05, 0.1) is 33.1 Å². The largest absolute Gasteiger partial charge is 0.309 e. The summed E-state index contributed by atoms with van der Waals surface area (Å²) in [6.45, 7) is 0. The molecule has 0 aliphatic rings. The molecule has 0 radical (unpaired) electrons. The molecule has 0 bridgehead atoms. The Bertz CT molecular complexity index is 3910. The summed E-state index contributed by atoms with van der Waals surface area (Å²) in [5.41, 5.74) is 13.1. The summed E-state index contributed by atoms with van der Waals surface area (Å²) in [7, 11) is 0. The molecule has 0 saturated heterocycles. The van der Waals surface area contributed by atoms with Crippen LogP contribution in [0.15, 0.2) is 201 Å². The fourth-order valence-electron chi connectivity index (χ4n) is 9.28. The molecule has 0 atom stereocenters. The lowest BCUT2D eigenvalue weighted by atomic mass is 10.0. The van der Waals surface area contributed by atoms with E-state index in [-0.39, 0.29) is 0 Å². The van der Waals surface area contributed by atoms with Crippen LogP contribution < -0.4 is 0 Å². The van der Waals surface area contributed by atoms with Gasteiger partial charge in [-0.15, -0.1) is 0 Å². The summed E-state index contributed by atoms with van der Waals surface area (Å²) < 4.78 is 4.66. The van der Waals surface area contributed by atoms with Crippen molar-refractivity contribution in [1.82, 2.24) is 44.0 Å². The minimum absolute atomic E-state index is 0.545. The van der Waals surface area contributed by atoms with Crippen molar-refractivity contribution in [3.63, 3.8) is 0 Å². The summed E-state index contributed by atoms with van der Waals surface area (Å²) in [6, 6.07) is 61.6. The van der Waals surface area contributed by atoms with E-state index in [0.717, 1.165) is 93.8 Å². The first-order chi connectivity index (χ1) is 31.7. The van der Waals surface area contributed by atoms with Crippen molar-refractivity contribution in [3.05, 3.63) is 201 Å². The summed E-state index contributed by atoms with van der Waals surface area (Å²) in [4.78, 5) is 33.2. The van der Waals surface area contributed by atoms with Gasteiger partial charge in [0.25, 0.3) is 0 Å². The number of hydrogen-bond acceptors (Lipinski definition) is 7. The summed E-state index contributed by atoms with van der Waals surface area (Å²) >= 11 is 0. The molecule has 0 unspecified atom stereocenters. The second-order valence-electron chi connectivity index (χ2n) is 15.9. The normalized spacial score (nSPS) is 11.8. The first kappa shape index (κ1) is 35.8. The van der Waals surface area contributed by atoms with Crippen molar-refractivity contribution in [2.45, 2.75) is 0 Å². The van der Waals surface area contributed by atoms with E-state index in [1.807, 2.05) is 73.1 Å². The van der Waals surface area contributed by atoms with E-state index in [9.17, 15) is 0 Å². The lowest BCUT2D eigenvalue weighted by molar-refractivity contribution is 1.07. The Morgan fingerprint density at radius 3 is 1.50 bits per heavy atom. The van der Waals surface area contributed by atoms with Crippen LogP contribution in [0, 0.1) is 0 Å². The predicted octanol–water partition coefficient (Wildman–Crippen LogP) is 12.6. The molecule has 0 N–H and O–H groups in total. The summed E-state index contributed by atoms with van der Waals surface area (Å²) in [6.07, 6.45) is 6.91. The number of benzene rings is 8. The Labute approximate surface area is 365 Å². The molecular weight excluding hydrogens is 787 g/mol. The number of fused-ring (bicyclic) bond motifs is 8. The van der Waals surface area contributed by atoms with Gasteiger partial charge in [0.15, 0.2) is 17.5 Å². The smallest absolute Gasteiger partial charge is 0.164 e. The third-order valence-electron chi connectivity index (χ3n) is 12.2. The first-order valence-corrected chi connectivity index (χ1v) is 21.1. The van der Waals surface area contributed by atoms with Gasteiger partial charge in [-0.05, 0) is 77.9 Å². The number of hydrogen-bond donors (Lipinski definition) is 0. The topological polar surface area (TPSA) is 100 Å². The molecular formula is C55H33N9. The standard InChI is InChI=1S/C55H33N9/c1-3-11-34(12-4-1)53-60-54(35-13-5-2-6-14-35)62-55(61-53)45-28-40(29-48-46(45)31-57-33-59-48)64-50-18-10-8-16-42(50)44-27-37(20-24-52(44)64)36-19-23-51-43(26-36)41-15-7-9-17-49(41)63(51)39-21-22-47-38(25-39)30-56-32-58-47/h1-33H. The van der Waals surface area contributed by atoms with E-state index < -0.39 is 0 Å². The molecule has 9 heteroatoms. The van der Waals surface area contributed by atoms with Crippen molar-refractivity contribution >= 4 is 65.4 Å². The highest BCUT2D eigenvalue weighted by atomic mass is 15.0. The maximum Gasteiger partial charge on any atom is 0.164 e. The average molecular weight is 820 g/mol. The van der Waals surface area contributed by atoms with Gasteiger partial charge in [-0.3, -0.25) is 0 Å². The Morgan fingerprint density at radius 2 is 0.859 bits per heavy atom. The van der Waals surface area contributed by atoms with Crippen LogP contribution >= 0.6 is 0 Å². The van der Waals surface area contributed by atoms with Gasteiger partial charge in [0.1, 0.15) is 12.7 Å². The number of nitrogens with zero attached hydrogens (tertiary/aromatic N) is 9. The molecule has 5 aromatic heterocycles. The monoisotopic (exact) mass is 819 g/mol. The van der Waals surface area contributed by atoms with E-state index >= 15 is 0 Å². The SMILES string of the molecule is c1ccc(-c2nc(-c3ccccc3)nc(-c3cc(-n4c5ccccc5c5cc(-c6ccc7c(c6)c6ccccc6n7-c6ccc7ncncc7c6)ccc54)cc4ncncc34)n2)cc1. The number of aromatic nitrogens is 9. The predicted molar refractivity (Wildman–Crippen MR) is 256 cm³/mol. The fourth-order valence-corrected chi connectivity index (χ4v) is 9.28. The summed E-state index contributed by atoms with van der Waals surface area (Å²) in [5.74, 6) is 1.73. The van der Waals surface area contributed by atoms with Gasteiger partial charge >= 0.3 is 0 Å². The van der Waals surface area contributed by atoms with Crippen LogP contribution in [0.2, 0.25) is 0 Å². The van der Waals surface area contributed by atoms with Gasteiger partial charge in [-0.1, -0.05) is 109 Å². The molecule has 0 aliphatic heterocycles. The molecule has 64 heavy (non-hydrogen) atoms. The van der Waals surface area contributed by atoms with E-state index in [2.05, 4.69) is 139 Å². The number of para-hydroxylation sites is 2. The minimum atomic E-state index is 0.545. The molecule has 298 valence electrons. The van der Waals surface area contributed by atoms with Crippen LogP contribution in [0.3, 0.4) is 0 Å². The molecule has 13 aromatic rings. The summed E-state index contributed by atoms with van der Waals surface area (Å²) in [5, 5.41) is 6.54. The van der Waals surface area contributed by atoms with Crippen LogP contribution in [-0.4, -0.2) is 44.0 Å². The quantitative estimate of drug-likeness (QED) is 0.165. The van der Waals surface area contributed by atoms with Gasteiger partial charge in [0, 0.05) is 72.8 Å². The molecule has 0 amide bonds. The fraction of sp³-hybridized carbons (Fsp3) is 0.